The number of carboxylic acid groups (broad SMARTS) is 3. The molecule has 4 amide bonds. The van der Waals surface area contributed by atoms with Gasteiger partial charge in [-0.25, -0.2) is 4.79 Å². The lowest BCUT2D eigenvalue weighted by Gasteiger charge is -2.22. The van der Waals surface area contributed by atoms with Gasteiger partial charge in [0, 0.05) is 6.42 Å². The molecule has 0 bridgehead atoms. The molecule has 36 heavy (non-hydrogen) atoms. The lowest BCUT2D eigenvalue weighted by atomic mass is 10.0. The number of carbonyl (C=O) groups excluding carboxylic acids is 4. The Balaban J connectivity index is 2.88. The first-order valence-corrected chi connectivity index (χ1v) is 10.5. The van der Waals surface area contributed by atoms with Gasteiger partial charge in [-0.2, -0.15) is 0 Å². The van der Waals surface area contributed by atoms with E-state index >= 15 is 0 Å². The molecule has 0 radical (unpaired) electrons. The molecule has 3 atom stereocenters. The molecule has 1 aromatic carbocycles. The van der Waals surface area contributed by atoms with Gasteiger partial charge in [-0.15, -0.1) is 0 Å². The van der Waals surface area contributed by atoms with E-state index < -0.39 is 85.6 Å². The summed E-state index contributed by atoms with van der Waals surface area (Å²) in [6, 6.07) is 3.88. The summed E-state index contributed by atoms with van der Waals surface area (Å²) in [5, 5.41) is 35.3. The van der Waals surface area contributed by atoms with Crippen molar-refractivity contribution in [3.05, 3.63) is 35.9 Å². The average Bonchev–Trinajstić information content (AvgIpc) is 2.81. The summed E-state index contributed by atoms with van der Waals surface area (Å²) < 4.78 is 0. The second-order valence-corrected chi connectivity index (χ2v) is 7.45. The van der Waals surface area contributed by atoms with Crippen molar-refractivity contribution in [1.82, 2.24) is 21.3 Å². The molecule has 0 aliphatic carbocycles. The Morgan fingerprint density at radius 3 is 1.81 bits per heavy atom. The zero-order valence-electron chi connectivity index (χ0n) is 18.9. The van der Waals surface area contributed by atoms with Crippen LogP contribution in [0.1, 0.15) is 18.4 Å². The number of carboxylic acids is 3. The predicted molar refractivity (Wildman–Crippen MR) is 120 cm³/mol. The fraction of sp³-hybridized carbons (Fsp3) is 0.381. The van der Waals surface area contributed by atoms with E-state index in [0.29, 0.717) is 5.56 Å². The summed E-state index contributed by atoms with van der Waals surface area (Å²) in [6.07, 6.45) is -1.79. The highest BCUT2D eigenvalue weighted by Crippen LogP contribution is 2.05. The smallest absolute Gasteiger partial charge is 0.326 e. The third-order valence-corrected chi connectivity index (χ3v) is 4.57. The second-order valence-electron chi connectivity index (χ2n) is 7.45. The van der Waals surface area contributed by atoms with Crippen LogP contribution >= 0.6 is 0 Å². The van der Waals surface area contributed by atoms with E-state index in [9.17, 15) is 33.6 Å². The summed E-state index contributed by atoms with van der Waals surface area (Å²) in [6.45, 7) is -1.25. The summed E-state index contributed by atoms with van der Waals surface area (Å²) >= 11 is 0. The quantitative estimate of drug-likeness (QED) is 0.117. The molecule has 0 fully saturated rings. The van der Waals surface area contributed by atoms with Crippen molar-refractivity contribution in [3.63, 3.8) is 0 Å². The molecule has 0 unspecified atom stereocenters. The van der Waals surface area contributed by atoms with Crippen LogP contribution < -0.4 is 27.0 Å². The van der Waals surface area contributed by atoms with Crippen molar-refractivity contribution in [1.29, 1.82) is 0 Å². The van der Waals surface area contributed by atoms with Crippen LogP contribution in [0.25, 0.3) is 0 Å². The predicted octanol–water partition coefficient (Wildman–Crippen LogP) is -3.21. The highest BCUT2D eigenvalue weighted by molar-refractivity contribution is 5.96. The number of hydrogen-bond acceptors (Lipinski definition) is 8. The molecule has 15 heteroatoms. The van der Waals surface area contributed by atoms with Crippen LogP contribution in [0.15, 0.2) is 30.3 Å². The summed E-state index contributed by atoms with van der Waals surface area (Å²) in [4.78, 5) is 82.0. The van der Waals surface area contributed by atoms with Crippen LogP contribution in [0, 0.1) is 0 Å². The maximum atomic E-state index is 12.8. The van der Waals surface area contributed by atoms with Crippen molar-refractivity contribution < 1.29 is 48.9 Å². The monoisotopic (exact) mass is 509 g/mol. The van der Waals surface area contributed by atoms with Gasteiger partial charge in [0.2, 0.25) is 23.6 Å². The second kappa shape index (κ2) is 14.7. The lowest BCUT2D eigenvalue weighted by Crippen LogP contribution is -2.56. The van der Waals surface area contributed by atoms with Gasteiger partial charge >= 0.3 is 17.9 Å². The average molecular weight is 509 g/mol. The molecular weight excluding hydrogens is 482 g/mol. The van der Waals surface area contributed by atoms with Crippen molar-refractivity contribution in [2.45, 2.75) is 37.4 Å². The van der Waals surface area contributed by atoms with Crippen LogP contribution in [0.4, 0.5) is 0 Å². The van der Waals surface area contributed by atoms with Gasteiger partial charge in [-0.3, -0.25) is 28.8 Å². The normalized spacial score (nSPS) is 12.8. The third kappa shape index (κ3) is 11.1. The Hall–Kier alpha value is -4.53. The summed E-state index contributed by atoms with van der Waals surface area (Å²) in [5.41, 5.74) is 5.94. The number of nitrogens with two attached hydrogens (primary N) is 1. The van der Waals surface area contributed by atoms with E-state index in [4.69, 9.17) is 21.1 Å². The highest BCUT2D eigenvalue weighted by Gasteiger charge is 2.29. The first kappa shape index (κ1) is 29.5. The molecule has 0 heterocycles. The number of carbonyl (C=O) groups is 7. The van der Waals surface area contributed by atoms with E-state index in [-0.39, 0.29) is 6.42 Å². The molecular formula is C21H27N5O10. The number of rotatable bonds is 15. The maximum Gasteiger partial charge on any atom is 0.326 e. The van der Waals surface area contributed by atoms with Gasteiger partial charge in [0.15, 0.2) is 0 Å². The van der Waals surface area contributed by atoms with E-state index in [2.05, 4.69) is 16.0 Å². The van der Waals surface area contributed by atoms with Gasteiger partial charge in [0.1, 0.15) is 18.1 Å². The Morgan fingerprint density at radius 2 is 1.28 bits per heavy atom. The first-order valence-electron chi connectivity index (χ1n) is 10.5. The standard InChI is InChI=1S/C21H27N5O10/c22-9-15(27)24-12(6-11-4-2-1-3-5-11)20(34)26-13(7-17(29)30)19(33)23-10-16(28)25-14(21(35)36)8-18(31)32/h1-5,12-14H,6-10,22H2,(H,23,33)(H,24,27)(H,25,28)(H,26,34)(H,29,30)(H,31,32)(H,35,36)/t12-,13-,14-/m0/s1. The Bertz CT molecular complexity index is 985. The van der Waals surface area contributed by atoms with Crippen molar-refractivity contribution in [2.75, 3.05) is 13.1 Å². The highest BCUT2D eigenvalue weighted by atomic mass is 16.4. The van der Waals surface area contributed by atoms with Gasteiger partial charge in [0.25, 0.3) is 0 Å². The van der Waals surface area contributed by atoms with Crippen molar-refractivity contribution >= 4 is 41.5 Å². The minimum absolute atomic E-state index is 0.00236. The number of hydrogen-bond donors (Lipinski definition) is 8. The zero-order valence-corrected chi connectivity index (χ0v) is 18.9. The molecule has 1 rings (SSSR count). The van der Waals surface area contributed by atoms with Crippen LogP contribution in [0.2, 0.25) is 0 Å². The Morgan fingerprint density at radius 1 is 0.722 bits per heavy atom. The number of amides is 4. The van der Waals surface area contributed by atoms with Crippen LogP contribution in [-0.2, 0) is 40.0 Å². The molecule has 0 saturated carbocycles. The van der Waals surface area contributed by atoms with E-state index in [0.717, 1.165) is 0 Å². The summed E-state index contributed by atoms with van der Waals surface area (Å²) in [7, 11) is 0. The molecule has 0 aliphatic heterocycles. The molecule has 196 valence electrons. The zero-order chi connectivity index (χ0) is 27.3. The van der Waals surface area contributed by atoms with Crippen molar-refractivity contribution in [2.24, 2.45) is 5.73 Å². The molecule has 0 spiro atoms. The van der Waals surface area contributed by atoms with Gasteiger partial charge in [0.05, 0.1) is 25.9 Å². The molecule has 0 saturated heterocycles. The maximum absolute atomic E-state index is 12.8. The van der Waals surface area contributed by atoms with Crippen LogP contribution in [0.5, 0.6) is 0 Å². The number of benzene rings is 1. The number of nitrogens with one attached hydrogen (secondary N) is 4. The SMILES string of the molecule is NCC(=O)N[C@@H](Cc1ccccc1)C(=O)N[C@@H](CC(=O)O)C(=O)NCC(=O)N[C@@H](CC(=O)O)C(=O)O. The molecule has 1 aromatic rings. The fourth-order valence-electron chi connectivity index (χ4n) is 2.88. The van der Waals surface area contributed by atoms with Gasteiger partial charge in [-0.1, -0.05) is 30.3 Å². The number of aliphatic carboxylic acids is 3. The minimum atomic E-state index is -1.76. The topological polar surface area (TPSA) is 254 Å². The van der Waals surface area contributed by atoms with Gasteiger partial charge in [-0.05, 0) is 5.56 Å². The summed E-state index contributed by atoms with van der Waals surface area (Å²) in [5.74, 6) is -8.27. The minimum Gasteiger partial charge on any atom is -0.481 e. The molecule has 9 N–H and O–H groups in total. The fourth-order valence-corrected chi connectivity index (χ4v) is 2.88. The third-order valence-electron chi connectivity index (χ3n) is 4.57. The first-order chi connectivity index (χ1) is 16.9. The van der Waals surface area contributed by atoms with E-state index in [1.54, 1.807) is 30.3 Å². The van der Waals surface area contributed by atoms with Crippen LogP contribution in [-0.4, -0.2) is 88.1 Å². The Kier molecular flexibility index (Phi) is 12.0. The largest absolute Gasteiger partial charge is 0.481 e. The van der Waals surface area contributed by atoms with E-state index in [1.807, 2.05) is 5.32 Å². The molecule has 15 nitrogen and oxygen atoms in total. The lowest BCUT2D eigenvalue weighted by molar-refractivity contribution is -0.147. The van der Waals surface area contributed by atoms with E-state index in [1.165, 1.54) is 0 Å². The van der Waals surface area contributed by atoms with Crippen molar-refractivity contribution in [3.8, 4) is 0 Å². The Labute approximate surface area is 204 Å². The molecule has 0 aliphatic rings. The molecule has 0 aromatic heterocycles. The van der Waals surface area contributed by atoms with Gasteiger partial charge < -0.3 is 42.3 Å². The van der Waals surface area contributed by atoms with Crippen LogP contribution in [0.3, 0.4) is 0 Å².